The molecule has 1 aromatic carbocycles. The van der Waals surface area contributed by atoms with Crippen LogP contribution < -0.4 is 5.32 Å². The predicted molar refractivity (Wildman–Crippen MR) is 69.5 cm³/mol. The maximum atomic E-state index is 12.8. The minimum Gasteiger partial charge on any atom is -0.373 e. The molecule has 0 amide bonds. The molecular formula is C14H19F4NO. The van der Waals surface area contributed by atoms with Gasteiger partial charge in [-0.05, 0) is 37.6 Å². The Hall–Kier alpha value is -1.14. The molecule has 0 aromatic heterocycles. The number of hydrogen-bond acceptors (Lipinski definition) is 2. The first-order chi connectivity index (χ1) is 9.29. The van der Waals surface area contributed by atoms with Gasteiger partial charge in [0.1, 0.15) is 6.61 Å². The highest BCUT2D eigenvalue weighted by atomic mass is 19.3. The number of nitrogens with one attached hydrogen (secondary N) is 1. The van der Waals surface area contributed by atoms with E-state index in [1.165, 1.54) is 0 Å². The van der Waals surface area contributed by atoms with Crippen LogP contribution in [0.2, 0.25) is 0 Å². The average Bonchev–Trinajstić information content (AvgIpc) is 2.38. The smallest absolute Gasteiger partial charge is 0.330 e. The highest BCUT2D eigenvalue weighted by Gasteiger charge is 2.41. The summed E-state index contributed by atoms with van der Waals surface area (Å²) in [4.78, 5) is 0. The van der Waals surface area contributed by atoms with Crippen LogP contribution in [0.3, 0.4) is 0 Å². The Labute approximate surface area is 116 Å². The van der Waals surface area contributed by atoms with Gasteiger partial charge in [-0.25, -0.2) is 8.78 Å². The maximum Gasteiger partial charge on any atom is 0.330 e. The van der Waals surface area contributed by atoms with E-state index in [2.05, 4.69) is 5.32 Å². The summed E-state index contributed by atoms with van der Waals surface area (Å²) in [5.41, 5.74) is 3.00. The second-order valence-electron chi connectivity index (χ2n) is 4.71. The van der Waals surface area contributed by atoms with Gasteiger partial charge in [0.25, 0.3) is 0 Å². The molecule has 0 saturated carbocycles. The Bertz CT molecular complexity index is 437. The number of hydrogen-bond donors (Lipinski definition) is 1. The molecule has 20 heavy (non-hydrogen) atoms. The summed E-state index contributed by atoms with van der Waals surface area (Å²) >= 11 is 0. The molecule has 0 aliphatic heterocycles. The van der Waals surface area contributed by atoms with E-state index in [1.807, 2.05) is 32.0 Å². The van der Waals surface area contributed by atoms with Crippen LogP contribution in [0, 0.1) is 13.8 Å². The molecule has 0 spiro atoms. The summed E-state index contributed by atoms with van der Waals surface area (Å²) in [6.07, 6.45) is -3.71. The summed E-state index contributed by atoms with van der Waals surface area (Å²) in [6, 6.07) is 5.34. The van der Waals surface area contributed by atoms with Gasteiger partial charge in [0.15, 0.2) is 0 Å². The molecule has 0 aliphatic carbocycles. The molecule has 0 aliphatic rings. The van der Waals surface area contributed by atoms with Crippen molar-refractivity contribution in [1.29, 1.82) is 0 Å². The molecule has 0 radical (unpaired) electrons. The Morgan fingerprint density at radius 2 is 1.90 bits per heavy atom. The van der Waals surface area contributed by atoms with Crippen molar-refractivity contribution in [2.24, 2.45) is 0 Å². The molecule has 1 unspecified atom stereocenters. The van der Waals surface area contributed by atoms with E-state index in [0.29, 0.717) is 0 Å². The lowest BCUT2D eigenvalue weighted by atomic mass is 9.98. The lowest BCUT2D eigenvalue weighted by Gasteiger charge is -2.22. The molecule has 1 atom stereocenters. The van der Waals surface area contributed by atoms with E-state index < -0.39 is 19.0 Å². The van der Waals surface area contributed by atoms with Gasteiger partial charge in [-0.15, -0.1) is 0 Å². The van der Waals surface area contributed by atoms with E-state index in [1.54, 1.807) is 7.05 Å². The molecule has 2 nitrogen and oxygen atoms in total. The third kappa shape index (κ3) is 4.18. The van der Waals surface area contributed by atoms with Gasteiger partial charge in [0.05, 0.1) is 12.6 Å². The summed E-state index contributed by atoms with van der Waals surface area (Å²) in [7, 11) is 1.67. The van der Waals surface area contributed by atoms with Crippen molar-refractivity contribution >= 4 is 0 Å². The van der Waals surface area contributed by atoms with E-state index in [-0.39, 0.29) is 12.6 Å². The summed E-state index contributed by atoms with van der Waals surface area (Å²) in [6.45, 7) is 2.48. The Morgan fingerprint density at radius 1 is 1.25 bits per heavy atom. The van der Waals surface area contributed by atoms with Gasteiger partial charge in [-0.1, -0.05) is 18.2 Å². The molecule has 1 rings (SSSR count). The number of likely N-dealkylation sites (N-methyl/N-ethyl adjacent to an activating group) is 1. The summed E-state index contributed by atoms with van der Waals surface area (Å²) in [5, 5.41) is 2.94. The van der Waals surface area contributed by atoms with Crippen LogP contribution in [0.15, 0.2) is 18.2 Å². The van der Waals surface area contributed by atoms with Crippen molar-refractivity contribution < 1.29 is 22.3 Å². The van der Waals surface area contributed by atoms with Crippen LogP contribution in [0.4, 0.5) is 17.6 Å². The molecule has 0 bridgehead atoms. The van der Waals surface area contributed by atoms with Crippen LogP contribution in [0.25, 0.3) is 0 Å². The van der Waals surface area contributed by atoms with Crippen molar-refractivity contribution in [3.05, 3.63) is 34.9 Å². The van der Waals surface area contributed by atoms with Gasteiger partial charge in [-0.3, -0.25) is 0 Å². The Balaban J connectivity index is 2.67. The van der Waals surface area contributed by atoms with Gasteiger partial charge >= 0.3 is 12.3 Å². The van der Waals surface area contributed by atoms with Crippen LogP contribution >= 0.6 is 0 Å². The molecule has 6 heteroatoms. The molecule has 0 fully saturated rings. The van der Waals surface area contributed by atoms with Gasteiger partial charge < -0.3 is 10.1 Å². The molecular weight excluding hydrogens is 274 g/mol. The van der Waals surface area contributed by atoms with E-state index >= 15 is 0 Å². The normalized spacial score (nSPS) is 13.8. The lowest BCUT2D eigenvalue weighted by molar-refractivity contribution is -0.167. The Morgan fingerprint density at radius 3 is 2.45 bits per heavy atom. The number of halogens is 4. The molecule has 0 saturated heterocycles. The summed E-state index contributed by atoms with van der Waals surface area (Å²) < 4.78 is 54.3. The molecule has 114 valence electrons. The number of rotatable bonds is 7. The fourth-order valence-corrected chi connectivity index (χ4v) is 1.86. The highest BCUT2D eigenvalue weighted by molar-refractivity contribution is 5.35. The molecule has 0 heterocycles. The first-order valence-electron chi connectivity index (χ1n) is 6.26. The monoisotopic (exact) mass is 293 g/mol. The van der Waals surface area contributed by atoms with Crippen molar-refractivity contribution in [1.82, 2.24) is 5.32 Å². The first-order valence-corrected chi connectivity index (χ1v) is 6.26. The minimum absolute atomic E-state index is 0.0941. The third-order valence-electron chi connectivity index (χ3n) is 3.27. The van der Waals surface area contributed by atoms with Crippen molar-refractivity contribution in [3.8, 4) is 0 Å². The zero-order valence-electron chi connectivity index (χ0n) is 11.7. The van der Waals surface area contributed by atoms with E-state index in [4.69, 9.17) is 4.74 Å². The number of alkyl halides is 4. The maximum absolute atomic E-state index is 12.8. The lowest BCUT2D eigenvalue weighted by Crippen LogP contribution is -2.34. The van der Waals surface area contributed by atoms with Gasteiger partial charge in [0, 0.05) is 0 Å². The first kappa shape index (κ1) is 16.9. The number of aryl methyl sites for hydroxylation is 1. The van der Waals surface area contributed by atoms with Crippen LogP contribution in [-0.2, 0) is 4.74 Å². The second-order valence-corrected chi connectivity index (χ2v) is 4.71. The molecule has 1 aromatic rings. The fourth-order valence-electron chi connectivity index (χ4n) is 1.86. The highest BCUT2D eigenvalue weighted by Crippen LogP contribution is 2.25. The third-order valence-corrected chi connectivity index (χ3v) is 3.27. The Kier molecular flexibility index (Phi) is 5.95. The van der Waals surface area contributed by atoms with Crippen molar-refractivity contribution in [2.45, 2.75) is 32.2 Å². The van der Waals surface area contributed by atoms with Crippen LogP contribution in [0.1, 0.15) is 22.7 Å². The SMILES string of the molecule is CNC(COCC(F)(F)C(F)F)c1cccc(C)c1C. The second kappa shape index (κ2) is 7.04. The number of benzene rings is 1. The van der Waals surface area contributed by atoms with Crippen molar-refractivity contribution in [3.63, 3.8) is 0 Å². The van der Waals surface area contributed by atoms with Gasteiger partial charge in [0.2, 0.25) is 0 Å². The molecule has 1 N–H and O–H groups in total. The topological polar surface area (TPSA) is 21.3 Å². The van der Waals surface area contributed by atoms with Crippen molar-refractivity contribution in [2.75, 3.05) is 20.3 Å². The van der Waals surface area contributed by atoms with E-state index in [9.17, 15) is 17.6 Å². The predicted octanol–water partition coefficient (Wildman–Crippen LogP) is 3.48. The van der Waals surface area contributed by atoms with Gasteiger partial charge in [-0.2, -0.15) is 8.78 Å². The zero-order valence-corrected chi connectivity index (χ0v) is 11.7. The van der Waals surface area contributed by atoms with Crippen LogP contribution in [0.5, 0.6) is 0 Å². The summed E-state index contributed by atoms with van der Waals surface area (Å²) in [5.74, 6) is -4.11. The quantitative estimate of drug-likeness (QED) is 0.777. The average molecular weight is 293 g/mol. The minimum atomic E-state index is -4.11. The fraction of sp³-hybridized carbons (Fsp3) is 0.571. The number of ether oxygens (including phenoxy) is 1. The largest absolute Gasteiger partial charge is 0.373 e. The zero-order chi connectivity index (χ0) is 15.3. The standard InChI is InChI=1S/C14H19F4NO/c1-9-5-4-6-11(10(9)2)12(19-3)7-20-8-14(17,18)13(15)16/h4-6,12-13,19H,7-8H2,1-3H3. The van der Waals surface area contributed by atoms with E-state index in [0.717, 1.165) is 16.7 Å². The van der Waals surface area contributed by atoms with Crippen LogP contribution in [-0.4, -0.2) is 32.6 Å².